The molecule has 122 valence electrons. The number of carbonyl (C=O) groups is 1. The Morgan fingerprint density at radius 3 is 2.50 bits per heavy atom. The van der Waals surface area contributed by atoms with Gasteiger partial charge in [-0.1, -0.05) is 26.2 Å². The van der Waals surface area contributed by atoms with Gasteiger partial charge in [0.25, 0.3) is 0 Å². The van der Waals surface area contributed by atoms with Crippen molar-refractivity contribution in [2.75, 3.05) is 14.2 Å². The summed E-state index contributed by atoms with van der Waals surface area (Å²) in [4.78, 5) is 11.7. The Labute approximate surface area is 132 Å². The van der Waals surface area contributed by atoms with Crippen molar-refractivity contribution in [1.29, 1.82) is 0 Å². The molecule has 5 heteroatoms. The van der Waals surface area contributed by atoms with Crippen molar-refractivity contribution in [3.63, 3.8) is 0 Å². The first kappa shape index (κ1) is 18.0. The first-order chi connectivity index (χ1) is 10.6. The number of hydrogen-bond donors (Lipinski definition) is 1. The summed E-state index contributed by atoms with van der Waals surface area (Å²) < 4.78 is 10.5. The lowest BCUT2D eigenvalue weighted by molar-refractivity contribution is -0.121. The molecule has 0 saturated carbocycles. The van der Waals surface area contributed by atoms with Crippen molar-refractivity contribution in [3.05, 3.63) is 23.8 Å². The van der Waals surface area contributed by atoms with Gasteiger partial charge >= 0.3 is 0 Å². The third-order valence-electron chi connectivity index (χ3n) is 3.41. The summed E-state index contributed by atoms with van der Waals surface area (Å²) in [5.74, 6) is 1.26. The van der Waals surface area contributed by atoms with Gasteiger partial charge in [-0.25, -0.2) is 5.43 Å². The predicted octanol–water partition coefficient (Wildman–Crippen LogP) is 3.51. The topological polar surface area (TPSA) is 59.9 Å². The van der Waals surface area contributed by atoms with E-state index in [0.717, 1.165) is 30.5 Å². The number of methoxy groups -OCH3 is 2. The van der Waals surface area contributed by atoms with Gasteiger partial charge in [0.2, 0.25) is 5.91 Å². The minimum atomic E-state index is -0.0454. The Bertz CT molecular complexity index is 513. The molecule has 1 aromatic rings. The van der Waals surface area contributed by atoms with Crippen molar-refractivity contribution >= 4 is 11.6 Å². The van der Waals surface area contributed by atoms with Gasteiger partial charge in [-0.15, -0.1) is 0 Å². The monoisotopic (exact) mass is 306 g/mol. The zero-order valence-corrected chi connectivity index (χ0v) is 13.9. The maximum absolute atomic E-state index is 11.7. The van der Waals surface area contributed by atoms with Gasteiger partial charge in [0.05, 0.1) is 19.9 Å². The fraction of sp³-hybridized carbons (Fsp3) is 0.529. The van der Waals surface area contributed by atoms with Crippen molar-refractivity contribution in [3.8, 4) is 11.5 Å². The van der Waals surface area contributed by atoms with Crippen LogP contribution in [-0.4, -0.2) is 25.8 Å². The lowest BCUT2D eigenvalue weighted by atomic mass is 10.1. The molecule has 0 atom stereocenters. The summed E-state index contributed by atoms with van der Waals surface area (Å²) in [6.45, 7) is 4.00. The normalized spacial score (nSPS) is 11.2. The van der Waals surface area contributed by atoms with Crippen molar-refractivity contribution < 1.29 is 14.3 Å². The van der Waals surface area contributed by atoms with E-state index in [2.05, 4.69) is 17.5 Å². The molecule has 1 N–H and O–H groups in total. The van der Waals surface area contributed by atoms with E-state index in [-0.39, 0.29) is 5.91 Å². The fourth-order valence-electron chi connectivity index (χ4n) is 2.04. The van der Waals surface area contributed by atoms with E-state index in [4.69, 9.17) is 9.47 Å². The van der Waals surface area contributed by atoms with E-state index >= 15 is 0 Å². The van der Waals surface area contributed by atoms with Crippen molar-refractivity contribution in [2.45, 2.75) is 46.0 Å². The third-order valence-corrected chi connectivity index (χ3v) is 3.41. The zero-order valence-electron chi connectivity index (χ0n) is 13.9. The highest BCUT2D eigenvalue weighted by Gasteiger charge is 2.07. The molecule has 0 saturated heterocycles. The number of ether oxygens (including phenoxy) is 2. The van der Waals surface area contributed by atoms with Gasteiger partial charge in [-0.2, -0.15) is 5.10 Å². The average molecular weight is 306 g/mol. The first-order valence-electron chi connectivity index (χ1n) is 7.67. The van der Waals surface area contributed by atoms with Gasteiger partial charge in [0.15, 0.2) is 11.5 Å². The van der Waals surface area contributed by atoms with E-state index in [1.807, 2.05) is 25.1 Å². The second-order valence-electron chi connectivity index (χ2n) is 5.11. The molecular formula is C17H26N2O3. The van der Waals surface area contributed by atoms with Gasteiger partial charge in [0.1, 0.15) is 0 Å². The number of carbonyl (C=O) groups excluding carboxylic acids is 1. The number of hydrazone groups is 1. The molecule has 0 heterocycles. The quantitative estimate of drug-likeness (QED) is 0.431. The minimum Gasteiger partial charge on any atom is -0.493 e. The molecule has 5 nitrogen and oxygen atoms in total. The SMILES string of the molecule is CCCCCCC(=O)N/N=C(\C)c1ccc(OC)c(OC)c1. The highest BCUT2D eigenvalue weighted by Crippen LogP contribution is 2.27. The highest BCUT2D eigenvalue weighted by atomic mass is 16.5. The minimum absolute atomic E-state index is 0.0454. The first-order valence-corrected chi connectivity index (χ1v) is 7.67. The number of amides is 1. The molecule has 22 heavy (non-hydrogen) atoms. The Balaban J connectivity index is 2.59. The number of hydrogen-bond acceptors (Lipinski definition) is 4. The summed E-state index contributed by atoms with van der Waals surface area (Å²) >= 11 is 0. The van der Waals surface area contributed by atoms with Crippen LogP contribution in [-0.2, 0) is 4.79 Å². The summed E-state index contributed by atoms with van der Waals surface area (Å²) in [6.07, 6.45) is 4.84. The number of benzene rings is 1. The Kier molecular flexibility index (Phi) is 8.04. The highest BCUT2D eigenvalue weighted by molar-refractivity contribution is 5.99. The predicted molar refractivity (Wildman–Crippen MR) is 88.7 cm³/mol. The van der Waals surface area contributed by atoms with Crippen LogP contribution >= 0.6 is 0 Å². The summed E-state index contributed by atoms with van der Waals surface area (Å²) in [5, 5.41) is 4.14. The van der Waals surface area contributed by atoms with E-state index in [1.54, 1.807) is 14.2 Å². The van der Waals surface area contributed by atoms with Crippen LogP contribution in [0, 0.1) is 0 Å². The maximum atomic E-state index is 11.7. The van der Waals surface area contributed by atoms with Crippen LogP contribution in [0.5, 0.6) is 11.5 Å². The van der Waals surface area contributed by atoms with Gasteiger partial charge in [-0.05, 0) is 31.5 Å². The molecule has 0 unspecified atom stereocenters. The Hall–Kier alpha value is -2.04. The lowest BCUT2D eigenvalue weighted by Crippen LogP contribution is -2.18. The van der Waals surface area contributed by atoms with Gasteiger partial charge in [-0.3, -0.25) is 4.79 Å². The number of rotatable bonds is 9. The molecule has 0 fully saturated rings. The van der Waals surface area contributed by atoms with Crippen LogP contribution in [0.25, 0.3) is 0 Å². The van der Waals surface area contributed by atoms with Crippen molar-refractivity contribution in [2.24, 2.45) is 5.10 Å². The summed E-state index contributed by atoms with van der Waals surface area (Å²) in [7, 11) is 3.18. The zero-order chi connectivity index (χ0) is 16.4. The van der Waals surface area contributed by atoms with Crippen molar-refractivity contribution in [1.82, 2.24) is 5.43 Å². The summed E-state index contributed by atoms with van der Waals surface area (Å²) in [6, 6.07) is 5.54. The van der Waals surface area contributed by atoms with Crippen LogP contribution < -0.4 is 14.9 Å². The van der Waals surface area contributed by atoms with Gasteiger partial charge in [0, 0.05) is 12.0 Å². The van der Waals surface area contributed by atoms with E-state index in [9.17, 15) is 4.79 Å². The van der Waals surface area contributed by atoms with Crippen LogP contribution in [0.1, 0.15) is 51.5 Å². The number of nitrogens with zero attached hydrogens (tertiary/aromatic N) is 1. The fourth-order valence-corrected chi connectivity index (χ4v) is 2.04. The number of unbranched alkanes of at least 4 members (excludes halogenated alkanes) is 3. The van der Waals surface area contributed by atoms with E-state index in [1.165, 1.54) is 6.42 Å². The second-order valence-corrected chi connectivity index (χ2v) is 5.11. The number of nitrogens with one attached hydrogen (secondary N) is 1. The standard InChI is InChI=1S/C17H26N2O3/c1-5-6-7-8-9-17(20)19-18-13(2)14-10-11-15(21-3)16(12-14)22-4/h10-12H,5-9H2,1-4H3,(H,19,20)/b18-13+. The van der Waals surface area contributed by atoms with Crippen LogP contribution in [0.2, 0.25) is 0 Å². The molecule has 0 aliphatic carbocycles. The summed E-state index contributed by atoms with van der Waals surface area (Å²) in [5.41, 5.74) is 4.20. The van der Waals surface area contributed by atoms with E-state index in [0.29, 0.717) is 17.9 Å². The Morgan fingerprint density at radius 1 is 1.14 bits per heavy atom. The van der Waals surface area contributed by atoms with Crippen LogP contribution in [0.3, 0.4) is 0 Å². The van der Waals surface area contributed by atoms with E-state index < -0.39 is 0 Å². The molecule has 0 aliphatic heterocycles. The molecular weight excluding hydrogens is 280 g/mol. The lowest BCUT2D eigenvalue weighted by Gasteiger charge is -2.09. The van der Waals surface area contributed by atoms with Gasteiger partial charge < -0.3 is 9.47 Å². The molecule has 1 aromatic carbocycles. The van der Waals surface area contributed by atoms with Crippen LogP contribution in [0.4, 0.5) is 0 Å². The molecule has 0 spiro atoms. The molecule has 0 radical (unpaired) electrons. The molecule has 0 aromatic heterocycles. The molecule has 0 aliphatic rings. The Morgan fingerprint density at radius 2 is 1.86 bits per heavy atom. The smallest absolute Gasteiger partial charge is 0.240 e. The second kappa shape index (κ2) is 9.82. The molecule has 0 bridgehead atoms. The molecule has 1 amide bonds. The molecule has 1 rings (SSSR count). The van der Waals surface area contributed by atoms with Crippen LogP contribution in [0.15, 0.2) is 23.3 Å². The largest absolute Gasteiger partial charge is 0.493 e. The maximum Gasteiger partial charge on any atom is 0.240 e. The average Bonchev–Trinajstić information content (AvgIpc) is 2.55. The third kappa shape index (κ3) is 5.76.